The molecular weight excluding hydrogens is 317 g/mol. The Kier molecular flexibility index (Phi) is 4.60. The van der Waals surface area contributed by atoms with Crippen LogP contribution in [0.3, 0.4) is 0 Å². The average Bonchev–Trinajstić information content (AvgIpc) is 2.94. The number of nitrogens with zero attached hydrogens (tertiary/aromatic N) is 2. The van der Waals surface area contributed by atoms with Gasteiger partial charge in [-0.1, -0.05) is 18.2 Å². The Bertz CT molecular complexity index is 607. The Morgan fingerprint density at radius 3 is 2.50 bits per heavy atom. The first-order valence-electron chi connectivity index (χ1n) is 8.40. The van der Waals surface area contributed by atoms with Crippen molar-refractivity contribution in [3.63, 3.8) is 0 Å². The summed E-state index contributed by atoms with van der Waals surface area (Å²) in [6, 6.07) is 5.08. The Hall–Kier alpha value is -1.56. The second-order valence-electron chi connectivity index (χ2n) is 7.24. The topological polar surface area (TPSA) is 23.6 Å². The number of amides is 1. The fraction of sp³-hybridized carbons (Fsp3) is 0.611. The van der Waals surface area contributed by atoms with Crippen molar-refractivity contribution >= 4 is 5.91 Å². The van der Waals surface area contributed by atoms with Crippen molar-refractivity contribution in [1.29, 1.82) is 0 Å². The summed E-state index contributed by atoms with van der Waals surface area (Å²) in [5.74, 6) is -0.0647. The number of likely N-dealkylation sites (tertiary alicyclic amines) is 2. The van der Waals surface area contributed by atoms with Crippen molar-refractivity contribution in [1.82, 2.24) is 9.80 Å². The normalized spacial score (nSPS) is 21.4. The molecule has 2 saturated heterocycles. The fourth-order valence-electron chi connectivity index (χ4n) is 3.79. The summed E-state index contributed by atoms with van der Waals surface area (Å²) in [4.78, 5) is 16.6. The van der Waals surface area contributed by atoms with Crippen LogP contribution in [-0.4, -0.2) is 48.9 Å². The molecule has 6 heteroatoms. The highest BCUT2D eigenvalue weighted by Gasteiger charge is 2.41. The molecule has 2 aliphatic rings. The molecule has 2 heterocycles. The van der Waals surface area contributed by atoms with Gasteiger partial charge in [0.15, 0.2) is 0 Å². The van der Waals surface area contributed by atoms with Gasteiger partial charge >= 0.3 is 6.18 Å². The Morgan fingerprint density at radius 2 is 1.83 bits per heavy atom. The first-order valence-corrected chi connectivity index (χ1v) is 8.40. The average molecular weight is 340 g/mol. The third kappa shape index (κ3) is 3.74. The van der Waals surface area contributed by atoms with Crippen molar-refractivity contribution in [3.05, 3.63) is 35.4 Å². The smallest absolute Gasteiger partial charge is 0.342 e. The molecule has 1 spiro atoms. The van der Waals surface area contributed by atoms with Crippen molar-refractivity contribution in [3.8, 4) is 0 Å². The van der Waals surface area contributed by atoms with Crippen LogP contribution < -0.4 is 0 Å². The molecule has 1 aromatic carbocycles. The first-order chi connectivity index (χ1) is 11.3. The van der Waals surface area contributed by atoms with E-state index in [1.807, 2.05) is 4.90 Å². The summed E-state index contributed by atoms with van der Waals surface area (Å²) in [6.07, 6.45) is -1.13. The van der Waals surface area contributed by atoms with Gasteiger partial charge in [-0.15, -0.1) is 0 Å². The first kappa shape index (κ1) is 17.3. The second-order valence-corrected chi connectivity index (χ2v) is 7.24. The largest absolute Gasteiger partial charge is 0.416 e. The highest BCUT2D eigenvalue weighted by Crippen LogP contribution is 2.40. The number of carbonyl (C=O) groups excluding carboxylic acids is 1. The van der Waals surface area contributed by atoms with Crippen LogP contribution in [0.5, 0.6) is 0 Å². The maximum absolute atomic E-state index is 12.8. The van der Waals surface area contributed by atoms with E-state index in [-0.39, 0.29) is 17.7 Å². The molecular formula is C18H23F3N2O. The van der Waals surface area contributed by atoms with Crippen LogP contribution in [0.4, 0.5) is 13.2 Å². The van der Waals surface area contributed by atoms with E-state index < -0.39 is 11.7 Å². The van der Waals surface area contributed by atoms with Crippen molar-refractivity contribution < 1.29 is 18.0 Å². The van der Waals surface area contributed by atoms with E-state index in [1.165, 1.54) is 6.07 Å². The molecule has 2 fully saturated rings. The summed E-state index contributed by atoms with van der Waals surface area (Å²) >= 11 is 0. The van der Waals surface area contributed by atoms with Gasteiger partial charge in [-0.25, -0.2) is 0 Å². The minimum Gasteiger partial charge on any atom is -0.342 e. The maximum Gasteiger partial charge on any atom is 0.416 e. The van der Waals surface area contributed by atoms with E-state index in [4.69, 9.17) is 0 Å². The quantitative estimate of drug-likeness (QED) is 0.825. The number of rotatable bonds is 2. The summed E-state index contributed by atoms with van der Waals surface area (Å²) in [7, 11) is 2.11. The van der Waals surface area contributed by atoms with E-state index in [0.717, 1.165) is 57.6 Å². The molecule has 0 N–H and O–H groups in total. The van der Waals surface area contributed by atoms with E-state index in [2.05, 4.69) is 11.9 Å². The van der Waals surface area contributed by atoms with Crippen LogP contribution in [0.25, 0.3) is 0 Å². The van der Waals surface area contributed by atoms with E-state index >= 15 is 0 Å². The summed E-state index contributed by atoms with van der Waals surface area (Å²) in [6.45, 7) is 3.57. The Balaban J connectivity index is 1.62. The number of halogens is 3. The molecule has 0 bridgehead atoms. The van der Waals surface area contributed by atoms with Gasteiger partial charge in [0.2, 0.25) is 5.91 Å². The number of piperidine rings is 1. The molecule has 2 aliphatic heterocycles. The van der Waals surface area contributed by atoms with E-state index in [9.17, 15) is 18.0 Å². The van der Waals surface area contributed by atoms with Gasteiger partial charge in [0, 0.05) is 13.1 Å². The van der Waals surface area contributed by atoms with Gasteiger partial charge in [0.05, 0.1) is 12.0 Å². The lowest BCUT2D eigenvalue weighted by Gasteiger charge is -2.37. The minimum absolute atomic E-state index is 0.0416. The molecule has 1 amide bonds. The summed E-state index contributed by atoms with van der Waals surface area (Å²) in [5, 5.41) is 0. The lowest BCUT2D eigenvalue weighted by atomic mass is 9.78. The minimum atomic E-state index is -4.37. The Labute approximate surface area is 140 Å². The van der Waals surface area contributed by atoms with Gasteiger partial charge in [0.1, 0.15) is 0 Å². The zero-order valence-corrected chi connectivity index (χ0v) is 13.9. The van der Waals surface area contributed by atoms with Crippen LogP contribution in [0.2, 0.25) is 0 Å². The number of benzene rings is 1. The maximum atomic E-state index is 12.8. The molecule has 0 unspecified atom stereocenters. The van der Waals surface area contributed by atoms with Gasteiger partial charge < -0.3 is 9.80 Å². The molecule has 24 heavy (non-hydrogen) atoms. The van der Waals surface area contributed by atoms with Crippen molar-refractivity contribution in [2.75, 3.05) is 33.2 Å². The molecule has 132 valence electrons. The molecule has 0 saturated carbocycles. The predicted octanol–water partition coefficient (Wildman–Crippen LogP) is 3.19. The lowest BCUT2D eigenvalue weighted by molar-refractivity contribution is -0.138. The summed E-state index contributed by atoms with van der Waals surface area (Å²) < 4.78 is 38.3. The van der Waals surface area contributed by atoms with Crippen LogP contribution in [0, 0.1) is 5.41 Å². The number of hydrogen-bond donors (Lipinski definition) is 0. The molecule has 0 aliphatic carbocycles. The van der Waals surface area contributed by atoms with Crippen LogP contribution in [-0.2, 0) is 17.4 Å². The zero-order chi connectivity index (χ0) is 17.4. The number of carbonyl (C=O) groups is 1. The highest BCUT2D eigenvalue weighted by atomic mass is 19.4. The van der Waals surface area contributed by atoms with Crippen LogP contribution in [0.1, 0.15) is 30.4 Å². The third-order valence-electron chi connectivity index (χ3n) is 5.45. The molecule has 3 nitrogen and oxygen atoms in total. The molecule has 1 aromatic rings. The van der Waals surface area contributed by atoms with Crippen LogP contribution in [0.15, 0.2) is 24.3 Å². The highest BCUT2D eigenvalue weighted by molar-refractivity contribution is 5.79. The monoisotopic (exact) mass is 340 g/mol. The van der Waals surface area contributed by atoms with Gasteiger partial charge in [0.25, 0.3) is 0 Å². The zero-order valence-electron chi connectivity index (χ0n) is 13.9. The lowest BCUT2D eigenvalue weighted by Crippen LogP contribution is -2.40. The summed E-state index contributed by atoms with van der Waals surface area (Å²) in [5.41, 5.74) is -0.0455. The molecule has 0 radical (unpaired) electrons. The van der Waals surface area contributed by atoms with Crippen molar-refractivity contribution in [2.24, 2.45) is 5.41 Å². The molecule has 0 aromatic heterocycles. The SMILES string of the molecule is CN1CCC2(CC1)CCN(C(=O)Cc1cccc(C(F)(F)F)c1)C2. The second kappa shape index (κ2) is 6.39. The molecule has 3 rings (SSSR count). The van der Waals surface area contributed by atoms with E-state index in [0.29, 0.717) is 5.56 Å². The van der Waals surface area contributed by atoms with Gasteiger partial charge in [-0.2, -0.15) is 13.2 Å². The predicted molar refractivity (Wildman–Crippen MR) is 85.5 cm³/mol. The third-order valence-corrected chi connectivity index (χ3v) is 5.45. The van der Waals surface area contributed by atoms with Crippen LogP contribution >= 0.6 is 0 Å². The fourth-order valence-corrected chi connectivity index (χ4v) is 3.79. The van der Waals surface area contributed by atoms with Crippen molar-refractivity contribution in [2.45, 2.75) is 31.9 Å². The Morgan fingerprint density at radius 1 is 1.17 bits per heavy atom. The number of alkyl halides is 3. The number of hydrogen-bond acceptors (Lipinski definition) is 2. The van der Waals surface area contributed by atoms with Gasteiger partial charge in [-0.05, 0) is 56.4 Å². The van der Waals surface area contributed by atoms with E-state index in [1.54, 1.807) is 6.07 Å². The standard InChI is InChI=1S/C18H23F3N2O/c1-22-8-5-17(6-9-22)7-10-23(13-17)16(24)12-14-3-2-4-15(11-14)18(19,20)21/h2-4,11H,5-10,12-13H2,1H3. The van der Waals surface area contributed by atoms with Gasteiger partial charge in [-0.3, -0.25) is 4.79 Å². The molecule has 0 atom stereocenters.